The normalized spacial score (nSPS) is 12.4. The number of halogens is 2. The zero-order valence-electron chi connectivity index (χ0n) is 9.14. The van der Waals surface area contributed by atoms with Crippen molar-refractivity contribution in [2.24, 2.45) is 0 Å². The van der Waals surface area contributed by atoms with Crippen LogP contribution in [0.5, 0.6) is 0 Å². The Kier molecular flexibility index (Phi) is 4.78. The number of rotatable bonds is 4. The zero-order valence-corrected chi connectivity index (χ0v) is 11.5. The molecule has 0 amide bonds. The van der Waals surface area contributed by atoms with Gasteiger partial charge in [-0.2, -0.15) is 0 Å². The summed E-state index contributed by atoms with van der Waals surface area (Å²) < 4.78 is 0.0403. The Hall–Kier alpha value is -0.630. The van der Waals surface area contributed by atoms with Gasteiger partial charge in [-0.3, -0.25) is 0 Å². The quantitative estimate of drug-likeness (QED) is 0.546. The van der Waals surface area contributed by atoms with E-state index in [1.54, 1.807) is 11.8 Å². The highest BCUT2D eigenvalue weighted by atomic mass is 35.5. The molecule has 0 radical (unpaired) electrons. The summed E-state index contributed by atoms with van der Waals surface area (Å²) in [5.41, 5.74) is 1.26. The van der Waals surface area contributed by atoms with Gasteiger partial charge in [-0.15, -0.1) is 23.4 Å². The summed E-state index contributed by atoms with van der Waals surface area (Å²) in [4.78, 5) is 1.14. The highest BCUT2D eigenvalue weighted by Gasteiger charge is 2.07. The third-order valence-electron chi connectivity index (χ3n) is 2.32. The summed E-state index contributed by atoms with van der Waals surface area (Å²) in [5.74, 6) is 0. The second-order valence-corrected chi connectivity index (χ2v) is 6.17. The van der Waals surface area contributed by atoms with Crippen molar-refractivity contribution in [3.63, 3.8) is 0 Å². The van der Waals surface area contributed by atoms with Gasteiger partial charge in [0.1, 0.15) is 0 Å². The van der Waals surface area contributed by atoms with E-state index in [0.29, 0.717) is 0 Å². The van der Waals surface area contributed by atoms with E-state index < -0.39 is 0 Å². The molecule has 3 heteroatoms. The van der Waals surface area contributed by atoms with Gasteiger partial charge in [0.05, 0.1) is 4.71 Å². The summed E-state index contributed by atoms with van der Waals surface area (Å²) in [7, 11) is 0. The van der Waals surface area contributed by atoms with Gasteiger partial charge >= 0.3 is 0 Å². The topological polar surface area (TPSA) is 0 Å². The maximum absolute atomic E-state index is 6.32. The fourth-order valence-electron chi connectivity index (χ4n) is 1.50. The maximum Gasteiger partial charge on any atom is 0.0876 e. The predicted molar refractivity (Wildman–Crippen MR) is 77.1 cm³/mol. The van der Waals surface area contributed by atoms with E-state index in [9.17, 15) is 0 Å². The van der Waals surface area contributed by atoms with E-state index in [1.807, 2.05) is 42.5 Å². The minimum atomic E-state index is 0.0403. The molecule has 0 heterocycles. The monoisotopic (exact) mass is 282 g/mol. The van der Waals surface area contributed by atoms with Crippen LogP contribution in [-0.4, -0.2) is 4.71 Å². The van der Waals surface area contributed by atoms with Gasteiger partial charge in [-0.05, 0) is 36.2 Å². The summed E-state index contributed by atoms with van der Waals surface area (Å²) >= 11 is 13.8. The first-order valence-electron chi connectivity index (χ1n) is 5.34. The number of benzene rings is 2. The molecule has 0 fully saturated rings. The van der Waals surface area contributed by atoms with E-state index in [4.69, 9.17) is 23.2 Å². The first kappa shape index (κ1) is 12.8. The molecular formula is C14H12Cl2S. The van der Waals surface area contributed by atoms with Crippen LogP contribution in [0.1, 0.15) is 5.56 Å². The van der Waals surface area contributed by atoms with Crippen molar-refractivity contribution in [2.45, 2.75) is 16.0 Å². The van der Waals surface area contributed by atoms with Gasteiger partial charge in [0, 0.05) is 9.92 Å². The molecule has 0 aliphatic rings. The molecule has 0 aliphatic heterocycles. The molecule has 88 valence electrons. The van der Waals surface area contributed by atoms with Crippen LogP contribution in [-0.2, 0) is 6.42 Å². The second-order valence-electron chi connectivity index (χ2n) is 3.67. The fourth-order valence-corrected chi connectivity index (χ4v) is 2.98. The van der Waals surface area contributed by atoms with Crippen LogP contribution in [0, 0.1) is 0 Å². The molecular weight excluding hydrogens is 271 g/mol. The Morgan fingerprint density at radius 3 is 2.24 bits per heavy atom. The molecule has 0 N–H and O–H groups in total. The van der Waals surface area contributed by atoms with Crippen LogP contribution in [0.15, 0.2) is 59.5 Å². The first-order chi connectivity index (χ1) is 8.24. The van der Waals surface area contributed by atoms with E-state index in [2.05, 4.69) is 12.1 Å². The lowest BCUT2D eigenvalue weighted by molar-refractivity contribution is 1.09. The van der Waals surface area contributed by atoms with Crippen LogP contribution < -0.4 is 0 Å². The van der Waals surface area contributed by atoms with E-state index in [0.717, 1.165) is 16.3 Å². The van der Waals surface area contributed by atoms with Crippen molar-refractivity contribution in [3.8, 4) is 0 Å². The molecule has 0 bridgehead atoms. The van der Waals surface area contributed by atoms with Crippen molar-refractivity contribution < 1.29 is 0 Å². The van der Waals surface area contributed by atoms with Gasteiger partial charge < -0.3 is 0 Å². The zero-order chi connectivity index (χ0) is 12.1. The second kappa shape index (κ2) is 6.34. The summed E-state index contributed by atoms with van der Waals surface area (Å²) in [6.07, 6.45) is 0.857. The number of alkyl halides is 1. The standard InChI is InChI=1S/C14H12Cl2S/c15-12-6-8-13(9-7-12)17-14(16)10-11-4-2-1-3-5-11/h1-9,14H,10H2/t14-/m0/s1. The van der Waals surface area contributed by atoms with Gasteiger partial charge in [-0.1, -0.05) is 41.9 Å². The molecule has 0 unspecified atom stereocenters. The Morgan fingerprint density at radius 2 is 1.59 bits per heavy atom. The van der Waals surface area contributed by atoms with Gasteiger partial charge in [0.25, 0.3) is 0 Å². The van der Waals surface area contributed by atoms with Crippen molar-refractivity contribution in [2.75, 3.05) is 0 Å². The Morgan fingerprint density at radius 1 is 0.941 bits per heavy atom. The van der Waals surface area contributed by atoms with Crippen LogP contribution >= 0.6 is 35.0 Å². The molecule has 2 rings (SSSR count). The van der Waals surface area contributed by atoms with E-state index in [1.165, 1.54) is 5.56 Å². The average Bonchev–Trinajstić information content (AvgIpc) is 2.33. The van der Waals surface area contributed by atoms with Crippen molar-refractivity contribution in [1.29, 1.82) is 0 Å². The van der Waals surface area contributed by atoms with Crippen molar-refractivity contribution in [3.05, 3.63) is 65.2 Å². The predicted octanol–water partition coefficient (Wildman–Crippen LogP) is 5.24. The number of hydrogen-bond acceptors (Lipinski definition) is 1. The van der Waals surface area contributed by atoms with Crippen LogP contribution in [0.25, 0.3) is 0 Å². The van der Waals surface area contributed by atoms with Crippen LogP contribution in [0.2, 0.25) is 5.02 Å². The fraction of sp³-hybridized carbons (Fsp3) is 0.143. The molecule has 0 aliphatic carbocycles. The van der Waals surface area contributed by atoms with Gasteiger partial charge in [0.2, 0.25) is 0 Å². The molecule has 0 saturated heterocycles. The highest BCUT2D eigenvalue weighted by Crippen LogP contribution is 2.29. The molecule has 0 spiro atoms. The lowest BCUT2D eigenvalue weighted by Crippen LogP contribution is -1.97. The molecule has 17 heavy (non-hydrogen) atoms. The molecule has 0 aromatic heterocycles. The van der Waals surface area contributed by atoms with Gasteiger partial charge in [0.15, 0.2) is 0 Å². The Labute approximate surface area is 116 Å². The lowest BCUT2D eigenvalue weighted by Gasteiger charge is -2.09. The summed E-state index contributed by atoms with van der Waals surface area (Å²) in [5, 5.41) is 0.753. The first-order valence-corrected chi connectivity index (χ1v) is 7.03. The van der Waals surface area contributed by atoms with E-state index in [-0.39, 0.29) is 4.71 Å². The van der Waals surface area contributed by atoms with Crippen molar-refractivity contribution >= 4 is 35.0 Å². The van der Waals surface area contributed by atoms with Crippen molar-refractivity contribution in [1.82, 2.24) is 0 Å². The largest absolute Gasteiger partial charge is 0.110 e. The molecule has 0 saturated carbocycles. The Bertz CT molecular complexity index is 453. The molecule has 1 atom stereocenters. The van der Waals surface area contributed by atoms with Crippen LogP contribution in [0.3, 0.4) is 0 Å². The number of hydrogen-bond donors (Lipinski definition) is 0. The number of thioether (sulfide) groups is 1. The lowest BCUT2D eigenvalue weighted by atomic mass is 10.2. The SMILES string of the molecule is Clc1ccc(S[C@H](Cl)Cc2ccccc2)cc1. The van der Waals surface area contributed by atoms with E-state index >= 15 is 0 Å². The summed E-state index contributed by atoms with van der Waals surface area (Å²) in [6, 6.07) is 18.0. The highest BCUT2D eigenvalue weighted by molar-refractivity contribution is 8.01. The van der Waals surface area contributed by atoms with Gasteiger partial charge in [-0.25, -0.2) is 0 Å². The minimum absolute atomic E-state index is 0.0403. The molecule has 2 aromatic rings. The molecule has 0 nitrogen and oxygen atoms in total. The molecule has 2 aromatic carbocycles. The Balaban J connectivity index is 1.93. The third kappa shape index (κ3) is 4.27. The maximum atomic E-state index is 6.32. The average molecular weight is 283 g/mol. The minimum Gasteiger partial charge on any atom is -0.110 e. The summed E-state index contributed by atoms with van der Waals surface area (Å²) in [6.45, 7) is 0. The third-order valence-corrected chi connectivity index (χ3v) is 3.96. The smallest absolute Gasteiger partial charge is 0.0876 e. The van der Waals surface area contributed by atoms with Crippen LogP contribution in [0.4, 0.5) is 0 Å².